The van der Waals surface area contributed by atoms with Crippen molar-refractivity contribution in [1.29, 1.82) is 5.41 Å². The van der Waals surface area contributed by atoms with Crippen LogP contribution in [0.3, 0.4) is 0 Å². The van der Waals surface area contributed by atoms with Crippen molar-refractivity contribution in [3.8, 4) is 0 Å². The zero-order valence-electron chi connectivity index (χ0n) is 19.2. The lowest BCUT2D eigenvalue weighted by molar-refractivity contribution is -0.147. The van der Waals surface area contributed by atoms with Crippen molar-refractivity contribution in [3.05, 3.63) is 36.2 Å². The lowest BCUT2D eigenvalue weighted by atomic mass is 9.89. The first-order chi connectivity index (χ1) is 15.5. The van der Waals surface area contributed by atoms with Crippen molar-refractivity contribution in [2.24, 2.45) is 11.8 Å². The predicted octanol–water partition coefficient (Wildman–Crippen LogP) is 5.32. The number of hydrogen-bond donors (Lipinski definition) is 2. The van der Waals surface area contributed by atoms with Gasteiger partial charge in [-0.05, 0) is 56.2 Å². The molecule has 0 radical (unpaired) electrons. The molecule has 2 aliphatic heterocycles. The SMILES string of the molecule is CCOC(=O)C(C)CCC1CCN(C(=N)Cc2ccc3c(c2)Nc2nccnc2S3)CC1.Cl. The first-order valence-electron chi connectivity index (χ1n) is 11.4. The van der Waals surface area contributed by atoms with E-state index in [2.05, 4.69) is 38.4 Å². The second-order valence-electron chi connectivity index (χ2n) is 8.55. The fraction of sp³-hybridized carbons (Fsp3) is 0.500. The Morgan fingerprint density at radius 1 is 1.30 bits per heavy atom. The first kappa shape index (κ1) is 25.3. The zero-order chi connectivity index (χ0) is 22.5. The van der Waals surface area contributed by atoms with E-state index in [1.165, 1.54) is 0 Å². The molecule has 1 atom stereocenters. The number of aromatic nitrogens is 2. The second-order valence-corrected chi connectivity index (χ2v) is 9.58. The van der Waals surface area contributed by atoms with Gasteiger partial charge in [0.2, 0.25) is 0 Å². The summed E-state index contributed by atoms with van der Waals surface area (Å²) in [4.78, 5) is 23.9. The molecule has 7 nitrogen and oxygen atoms in total. The summed E-state index contributed by atoms with van der Waals surface area (Å²) in [5, 5.41) is 12.9. The molecule has 0 spiro atoms. The van der Waals surface area contributed by atoms with E-state index >= 15 is 0 Å². The van der Waals surface area contributed by atoms with Crippen molar-refractivity contribution in [2.45, 2.75) is 55.9 Å². The van der Waals surface area contributed by atoms with Gasteiger partial charge in [0.15, 0.2) is 5.82 Å². The van der Waals surface area contributed by atoms with E-state index in [9.17, 15) is 4.79 Å². The molecule has 9 heteroatoms. The molecule has 1 saturated heterocycles. The van der Waals surface area contributed by atoms with Crippen LogP contribution < -0.4 is 5.32 Å². The van der Waals surface area contributed by atoms with Crippen LogP contribution in [0.25, 0.3) is 0 Å². The molecule has 1 aromatic heterocycles. The molecule has 1 aromatic carbocycles. The minimum absolute atomic E-state index is 0. The van der Waals surface area contributed by atoms with Crippen LogP contribution in [0.4, 0.5) is 11.5 Å². The summed E-state index contributed by atoms with van der Waals surface area (Å²) in [7, 11) is 0. The average molecular weight is 490 g/mol. The zero-order valence-corrected chi connectivity index (χ0v) is 20.8. The number of benzene rings is 1. The minimum Gasteiger partial charge on any atom is -0.466 e. The van der Waals surface area contributed by atoms with Gasteiger partial charge in [-0.2, -0.15) is 0 Å². The van der Waals surface area contributed by atoms with E-state index in [-0.39, 0.29) is 24.3 Å². The van der Waals surface area contributed by atoms with E-state index in [1.807, 2.05) is 13.8 Å². The summed E-state index contributed by atoms with van der Waals surface area (Å²) in [5.41, 5.74) is 2.15. The molecule has 178 valence electrons. The Hall–Kier alpha value is -2.32. The Labute approximate surface area is 206 Å². The second kappa shape index (κ2) is 11.7. The number of nitrogens with zero attached hydrogens (tertiary/aromatic N) is 3. The van der Waals surface area contributed by atoms with Crippen LogP contribution in [-0.2, 0) is 16.0 Å². The molecule has 0 bridgehead atoms. The standard InChI is InChI=1S/C24H31N5O2S.ClH/c1-3-31-24(30)16(2)4-5-17-8-12-29(13-9-17)21(25)15-18-6-7-20-19(14-18)28-22-23(32-20)27-11-10-26-22;/h6-7,10-11,14,16-17,25H,3-5,8-9,12-13,15H2,1-2H3,(H,26,28);1H. The largest absolute Gasteiger partial charge is 0.466 e. The number of likely N-dealkylation sites (tertiary alicyclic amines) is 1. The molecule has 0 aliphatic carbocycles. The number of esters is 1. The summed E-state index contributed by atoms with van der Waals surface area (Å²) in [6, 6.07) is 6.33. The monoisotopic (exact) mass is 489 g/mol. The van der Waals surface area contributed by atoms with E-state index in [0.29, 0.717) is 24.8 Å². The normalized spacial score (nSPS) is 16.0. The van der Waals surface area contributed by atoms with Gasteiger partial charge in [0.1, 0.15) is 10.9 Å². The molecular weight excluding hydrogens is 458 g/mol. The Balaban J connectivity index is 0.00000306. The topological polar surface area (TPSA) is 91.2 Å². The number of carbonyl (C=O) groups is 1. The van der Waals surface area contributed by atoms with Crippen molar-refractivity contribution < 1.29 is 9.53 Å². The molecule has 4 rings (SSSR count). The Morgan fingerprint density at radius 3 is 2.82 bits per heavy atom. The third-order valence-corrected chi connectivity index (χ3v) is 7.30. The number of amidine groups is 1. The quantitative estimate of drug-likeness (QED) is 0.263. The van der Waals surface area contributed by atoms with Crippen LogP contribution in [0.15, 0.2) is 40.5 Å². The molecule has 2 aromatic rings. The fourth-order valence-corrected chi connectivity index (χ4v) is 5.15. The fourth-order valence-electron chi connectivity index (χ4n) is 4.28. The van der Waals surface area contributed by atoms with E-state index in [1.54, 1.807) is 24.2 Å². The Kier molecular flexibility index (Phi) is 8.97. The maximum absolute atomic E-state index is 11.8. The number of halogens is 1. The van der Waals surface area contributed by atoms with Crippen molar-refractivity contribution >= 4 is 47.5 Å². The van der Waals surface area contributed by atoms with Gasteiger partial charge in [-0.25, -0.2) is 9.97 Å². The highest BCUT2D eigenvalue weighted by atomic mass is 35.5. The van der Waals surface area contributed by atoms with Crippen molar-refractivity contribution in [2.75, 3.05) is 25.0 Å². The number of carbonyl (C=O) groups excluding carboxylic acids is 1. The van der Waals surface area contributed by atoms with Crippen LogP contribution in [0.1, 0.15) is 45.1 Å². The third kappa shape index (κ3) is 6.38. The van der Waals surface area contributed by atoms with Gasteiger partial charge >= 0.3 is 5.97 Å². The molecule has 1 fully saturated rings. The summed E-state index contributed by atoms with van der Waals surface area (Å²) in [6.07, 6.45) is 8.12. The van der Waals surface area contributed by atoms with Crippen LogP contribution in [-0.4, -0.2) is 46.4 Å². The maximum atomic E-state index is 11.8. The van der Waals surface area contributed by atoms with Gasteiger partial charge in [0.25, 0.3) is 0 Å². The molecule has 2 N–H and O–H groups in total. The smallest absolute Gasteiger partial charge is 0.308 e. The summed E-state index contributed by atoms with van der Waals surface area (Å²) >= 11 is 1.62. The number of ether oxygens (including phenoxy) is 1. The van der Waals surface area contributed by atoms with E-state index in [4.69, 9.17) is 10.1 Å². The number of fused-ring (bicyclic) bond motifs is 2. The third-order valence-electron chi connectivity index (χ3n) is 6.23. The number of anilines is 2. The van der Waals surface area contributed by atoms with E-state index < -0.39 is 0 Å². The van der Waals surface area contributed by atoms with Crippen molar-refractivity contribution in [3.63, 3.8) is 0 Å². The average Bonchev–Trinajstić information content (AvgIpc) is 2.81. The summed E-state index contributed by atoms with van der Waals surface area (Å²) in [6.45, 7) is 6.09. The number of rotatable bonds is 7. The van der Waals surface area contributed by atoms with Crippen LogP contribution >= 0.6 is 24.2 Å². The maximum Gasteiger partial charge on any atom is 0.308 e. The summed E-state index contributed by atoms with van der Waals surface area (Å²) < 4.78 is 5.11. The number of hydrogen-bond acceptors (Lipinski definition) is 7. The van der Waals surface area contributed by atoms with Crippen molar-refractivity contribution in [1.82, 2.24) is 14.9 Å². The highest BCUT2D eigenvalue weighted by Gasteiger charge is 2.24. The Bertz CT molecular complexity index is 981. The molecule has 3 heterocycles. The molecule has 0 amide bonds. The van der Waals surface area contributed by atoms with Gasteiger partial charge in [-0.1, -0.05) is 24.8 Å². The molecule has 1 unspecified atom stereocenters. The molecule has 0 saturated carbocycles. The van der Waals surface area contributed by atoms with E-state index in [0.717, 1.165) is 65.8 Å². The Morgan fingerprint density at radius 2 is 2.06 bits per heavy atom. The van der Waals surface area contributed by atoms with Crippen LogP contribution in [0.2, 0.25) is 0 Å². The molecular formula is C24H32ClN5O2S. The highest BCUT2D eigenvalue weighted by molar-refractivity contribution is 7.99. The van der Waals surface area contributed by atoms with Crippen LogP contribution in [0, 0.1) is 17.2 Å². The molecule has 33 heavy (non-hydrogen) atoms. The van der Waals surface area contributed by atoms with Gasteiger partial charge in [0, 0.05) is 36.8 Å². The van der Waals surface area contributed by atoms with Gasteiger partial charge in [-0.3, -0.25) is 10.2 Å². The molecule has 2 aliphatic rings. The van der Waals surface area contributed by atoms with Crippen LogP contribution in [0.5, 0.6) is 0 Å². The minimum atomic E-state index is -0.0832. The number of nitrogens with one attached hydrogen (secondary N) is 2. The predicted molar refractivity (Wildman–Crippen MR) is 134 cm³/mol. The lowest BCUT2D eigenvalue weighted by Gasteiger charge is -2.34. The first-order valence-corrected chi connectivity index (χ1v) is 12.2. The van der Waals surface area contributed by atoms with Gasteiger partial charge < -0.3 is 15.0 Å². The number of piperidine rings is 1. The van der Waals surface area contributed by atoms with Gasteiger partial charge in [0.05, 0.1) is 18.2 Å². The van der Waals surface area contributed by atoms with Gasteiger partial charge in [-0.15, -0.1) is 12.4 Å². The summed E-state index contributed by atoms with van der Waals surface area (Å²) in [5.74, 6) is 1.98. The lowest BCUT2D eigenvalue weighted by Crippen LogP contribution is -2.39. The highest BCUT2D eigenvalue weighted by Crippen LogP contribution is 2.42.